The van der Waals surface area contributed by atoms with Crippen molar-refractivity contribution in [1.82, 2.24) is 9.55 Å². The Kier molecular flexibility index (Phi) is 3.36. The van der Waals surface area contributed by atoms with Crippen molar-refractivity contribution < 1.29 is 4.79 Å². The van der Waals surface area contributed by atoms with Gasteiger partial charge in [0.1, 0.15) is 11.6 Å². The molecule has 106 valence electrons. The van der Waals surface area contributed by atoms with Crippen LogP contribution in [0.5, 0.6) is 0 Å². The van der Waals surface area contributed by atoms with E-state index in [0.717, 1.165) is 36.1 Å². The number of carbonyl (C=O) groups excluding carboxylic acids is 1. The quantitative estimate of drug-likeness (QED) is 0.850. The molecule has 2 aromatic rings. The number of aromatic nitrogens is 2. The van der Waals surface area contributed by atoms with Crippen molar-refractivity contribution in [2.75, 3.05) is 0 Å². The minimum absolute atomic E-state index is 0.0713. The van der Waals surface area contributed by atoms with Gasteiger partial charge in [-0.05, 0) is 31.4 Å². The second-order valence-corrected chi connectivity index (χ2v) is 6.02. The van der Waals surface area contributed by atoms with Crippen molar-refractivity contribution in [2.24, 2.45) is 12.5 Å². The number of Topliss-reactive ketones (excluding diaryl/α,β-unsaturated/α-hetero) is 1. The van der Waals surface area contributed by atoms with E-state index in [1.54, 1.807) is 0 Å². The Labute approximate surface area is 120 Å². The highest BCUT2D eigenvalue weighted by Crippen LogP contribution is 2.42. The SMILES string of the molecule is CCC1(C(=O)Cc2nc3ccccc3n2C)CCCC1. The summed E-state index contributed by atoms with van der Waals surface area (Å²) in [6.45, 7) is 2.15. The summed E-state index contributed by atoms with van der Waals surface area (Å²) in [6.07, 6.45) is 5.96. The number of ketones is 1. The molecule has 20 heavy (non-hydrogen) atoms. The van der Waals surface area contributed by atoms with Gasteiger partial charge in [0.05, 0.1) is 17.5 Å². The van der Waals surface area contributed by atoms with Crippen LogP contribution >= 0.6 is 0 Å². The number of benzene rings is 1. The molecule has 0 aliphatic heterocycles. The van der Waals surface area contributed by atoms with Crippen LogP contribution in [0.4, 0.5) is 0 Å². The Morgan fingerprint density at radius 3 is 2.65 bits per heavy atom. The number of para-hydroxylation sites is 2. The predicted octanol–water partition coefficient (Wildman–Crippen LogP) is 3.66. The van der Waals surface area contributed by atoms with E-state index in [9.17, 15) is 4.79 Å². The summed E-state index contributed by atoms with van der Waals surface area (Å²) >= 11 is 0. The lowest BCUT2D eigenvalue weighted by molar-refractivity contribution is -0.128. The van der Waals surface area contributed by atoms with Gasteiger partial charge in [-0.1, -0.05) is 31.9 Å². The highest BCUT2D eigenvalue weighted by Gasteiger charge is 2.39. The molecular weight excluding hydrogens is 248 g/mol. The van der Waals surface area contributed by atoms with Gasteiger partial charge in [-0.15, -0.1) is 0 Å². The molecule has 0 N–H and O–H groups in total. The molecule has 1 fully saturated rings. The average molecular weight is 270 g/mol. The number of aryl methyl sites for hydroxylation is 1. The van der Waals surface area contributed by atoms with Crippen LogP contribution in [-0.4, -0.2) is 15.3 Å². The van der Waals surface area contributed by atoms with E-state index in [1.807, 2.05) is 25.2 Å². The number of imidazole rings is 1. The van der Waals surface area contributed by atoms with Crippen LogP contribution in [0.1, 0.15) is 44.9 Å². The van der Waals surface area contributed by atoms with Crippen molar-refractivity contribution in [3.05, 3.63) is 30.1 Å². The first kappa shape index (κ1) is 13.3. The number of nitrogens with zero attached hydrogens (tertiary/aromatic N) is 2. The van der Waals surface area contributed by atoms with E-state index in [4.69, 9.17) is 0 Å². The van der Waals surface area contributed by atoms with Crippen LogP contribution in [-0.2, 0) is 18.3 Å². The Bertz CT molecular complexity index is 635. The van der Waals surface area contributed by atoms with E-state index in [2.05, 4.69) is 22.5 Å². The lowest BCUT2D eigenvalue weighted by Crippen LogP contribution is -2.29. The monoisotopic (exact) mass is 270 g/mol. The minimum atomic E-state index is -0.0713. The first-order valence-electron chi connectivity index (χ1n) is 7.60. The van der Waals surface area contributed by atoms with Crippen LogP contribution in [0.2, 0.25) is 0 Å². The normalized spacial score (nSPS) is 17.7. The number of fused-ring (bicyclic) bond motifs is 1. The second kappa shape index (κ2) is 5.04. The molecule has 0 amide bonds. The summed E-state index contributed by atoms with van der Waals surface area (Å²) in [4.78, 5) is 17.4. The molecule has 3 rings (SSSR count). The van der Waals surface area contributed by atoms with Gasteiger partial charge in [0.15, 0.2) is 0 Å². The van der Waals surface area contributed by atoms with Crippen molar-refractivity contribution in [3.8, 4) is 0 Å². The minimum Gasteiger partial charge on any atom is -0.331 e. The molecule has 0 spiro atoms. The third-order valence-electron chi connectivity index (χ3n) is 5.03. The molecule has 0 radical (unpaired) electrons. The molecular formula is C17H22N2O. The molecule has 1 saturated carbocycles. The number of hydrogen-bond donors (Lipinski definition) is 0. The van der Waals surface area contributed by atoms with Crippen LogP contribution in [0, 0.1) is 5.41 Å². The standard InChI is InChI=1S/C17H22N2O/c1-3-17(10-6-7-11-17)15(20)12-16-18-13-8-4-5-9-14(13)19(16)2/h4-5,8-9H,3,6-7,10-12H2,1-2H3. The first-order chi connectivity index (χ1) is 9.66. The van der Waals surface area contributed by atoms with E-state index in [-0.39, 0.29) is 5.41 Å². The molecule has 3 heteroatoms. The molecule has 0 atom stereocenters. The van der Waals surface area contributed by atoms with E-state index >= 15 is 0 Å². The number of carbonyl (C=O) groups is 1. The van der Waals surface area contributed by atoms with Gasteiger partial charge in [-0.25, -0.2) is 4.98 Å². The second-order valence-electron chi connectivity index (χ2n) is 6.02. The molecule has 3 nitrogen and oxygen atoms in total. The fourth-order valence-corrected chi connectivity index (χ4v) is 3.57. The predicted molar refractivity (Wildman–Crippen MR) is 80.6 cm³/mol. The summed E-state index contributed by atoms with van der Waals surface area (Å²) in [7, 11) is 2.01. The largest absolute Gasteiger partial charge is 0.331 e. The van der Waals surface area contributed by atoms with Crippen LogP contribution < -0.4 is 0 Å². The topological polar surface area (TPSA) is 34.9 Å². The lowest BCUT2D eigenvalue weighted by Gasteiger charge is -2.25. The number of hydrogen-bond acceptors (Lipinski definition) is 2. The summed E-state index contributed by atoms with van der Waals surface area (Å²) < 4.78 is 2.06. The Morgan fingerprint density at radius 1 is 1.30 bits per heavy atom. The van der Waals surface area contributed by atoms with E-state index in [0.29, 0.717) is 12.2 Å². The molecule has 1 aromatic heterocycles. The third-order valence-corrected chi connectivity index (χ3v) is 5.03. The zero-order valence-corrected chi connectivity index (χ0v) is 12.4. The third kappa shape index (κ3) is 2.05. The van der Waals surface area contributed by atoms with E-state index < -0.39 is 0 Å². The maximum Gasteiger partial charge on any atom is 0.146 e. The Hall–Kier alpha value is -1.64. The van der Waals surface area contributed by atoms with Gasteiger partial charge < -0.3 is 4.57 Å². The summed E-state index contributed by atoms with van der Waals surface area (Å²) in [6, 6.07) is 8.07. The maximum absolute atomic E-state index is 12.7. The van der Waals surface area contributed by atoms with Gasteiger partial charge >= 0.3 is 0 Å². The van der Waals surface area contributed by atoms with Gasteiger partial charge in [-0.2, -0.15) is 0 Å². The molecule has 1 aliphatic rings. The van der Waals surface area contributed by atoms with Gasteiger partial charge in [0.2, 0.25) is 0 Å². The zero-order chi connectivity index (χ0) is 14.2. The zero-order valence-electron chi connectivity index (χ0n) is 12.4. The van der Waals surface area contributed by atoms with Gasteiger partial charge in [-0.3, -0.25) is 4.79 Å². The fourth-order valence-electron chi connectivity index (χ4n) is 3.57. The highest BCUT2D eigenvalue weighted by molar-refractivity contribution is 5.87. The van der Waals surface area contributed by atoms with Gasteiger partial charge in [0.25, 0.3) is 0 Å². The smallest absolute Gasteiger partial charge is 0.146 e. The van der Waals surface area contributed by atoms with Crippen LogP contribution in [0.15, 0.2) is 24.3 Å². The van der Waals surface area contributed by atoms with Crippen molar-refractivity contribution >= 4 is 16.8 Å². The van der Waals surface area contributed by atoms with Crippen molar-refractivity contribution in [2.45, 2.75) is 45.4 Å². The molecule has 0 unspecified atom stereocenters. The molecule has 1 aliphatic carbocycles. The molecule has 0 bridgehead atoms. The Morgan fingerprint density at radius 2 is 2.00 bits per heavy atom. The Balaban J connectivity index is 1.89. The van der Waals surface area contributed by atoms with E-state index in [1.165, 1.54) is 12.8 Å². The maximum atomic E-state index is 12.7. The van der Waals surface area contributed by atoms with Crippen LogP contribution in [0.25, 0.3) is 11.0 Å². The highest BCUT2D eigenvalue weighted by atomic mass is 16.1. The molecule has 0 saturated heterocycles. The van der Waals surface area contributed by atoms with Crippen LogP contribution in [0.3, 0.4) is 0 Å². The fraction of sp³-hybridized carbons (Fsp3) is 0.529. The lowest BCUT2D eigenvalue weighted by atomic mass is 9.78. The summed E-state index contributed by atoms with van der Waals surface area (Å²) in [5, 5.41) is 0. The molecule has 1 heterocycles. The van der Waals surface area contributed by atoms with Gasteiger partial charge in [0, 0.05) is 12.5 Å². The summed E-state index contributed by atoms with van der Waals surface area (Å²) in [5.74, 6) is 1.28. The number of rotatable bonds is 4. The molecule has 1 aromatic carbocycles. The average Bonchev–Trinajstić information content (AvgIpc) is 3.06. The van der Waals surface area contributed by atoms with Crippen molar-refractivity contribution in [1.29, 1.82) is 0 Å². The first-order valence-corrected chi connectivity index (χ1v) is 7.60. The van der Waals surface area contributed by atoms with Crippen molar-refractivity contribution in [3.63, 3.8) is 0 Å². The summed E-state index contributed by atoms with van der Waals surface area (Å²) in [5.41, 5.74) is 2.01.